The molecule has 0 saturated heterocycles. The van der Waals surface area contributed by atoms with Crippen molar-refractivity contribution in [2.24, 2.45) is 11.8 Å². The number of nitrogens with zero attached hydrogens (tertiary/aromatic N) is 1. The zero-order chi connectivity index (χ0) is 23.8. The summed E-state index contributed by atoms with van der Waals surface area (Å²) in [6.07, 6.45) is 2.50. The standard InChI is InChI=1S/C27H34FN3O2/c1-17-24(27(17,2)19-8-6-5-7-9-19)26(33)29-16-21(31(3)4)14-18-10-13-22(23(28)15-18)25(32)30-20-11-12-20/h5-10,13,15,17,20-21,24H,11-12,14,16H2,1-4H3,(H,29,33)(H,30,32)/t17?,21-,24?,27+/m0/s1. The second kappa shape index (κ2) is 9.26. The van der Waals surface area contributed by atoms with E-state index < -0.39 is 5.82 Å². The molecule has 2 aliphatic carbocycles. The van der Waals surface area contributed by atoms with E-state index in [9.17, 15) is 14.0 Å². The van der Waals surface area contributed by atoms with Gasteiger partial charge in [-0.05, 0) is 62.5 Å². The summed E-state index contributed by atoms with van der Waals surface area (Å²) in [5.74, 6) is -0.555. The van der Waals surface area contributed by atoms with Crippen LogP contribution in [-0.2, 0) is 16.6 Å². The Morgan fingerprint density at radius 1 is 1.15 bits per heavy atom. The van der Waals surface area contributed by atoms with E-state index in [1.54, 1.807) is 12.1 Å². The van der Waals surface area contributed by atoms with E-state index in [1.165, 1.54) is 11.6 Å². The third-order valence-corrected chi connectivity index (χ3v) is 7.57. The van der Waals surface area contributed by atoms with Crippen LogP contribution >= 0.6 is 0 Å². The van der Waals surface area contributed by atoms with E-state index in [-0.39, 0.29) is 46.7 Å². The highest BCUT2D eigenvalue weighted by Gasteiger charge is 2.62. The molecule has 2 amide bonds. The molecule has 0 aliphatic heterocycles. The molecule has 5 nitrogen and oxygen atoms in total. The number of benzene rings is 2. The molecular weight excluding hydrogens is 417 g/mol. The lowest BCUT2D eigenvalue weighted by atomic mass is 9.94. The molecular formula is C27H34FN3O2. The highest BCUT2D eigenvalue weighted by molar-refractivity contribution is 5.94. The molecule has 2 aromatic rings. The van der Waals surface area contributed by atoms with E-state index in [1.807, 2.05) is 37.2 Å². The van der Waals surface area contributed by atoms with Gasteiger partial charge >= 0.3 is 0 Å². The predicted molar refractivity (Wildman–Crippen MR) is 128 cm³/mol. The molecule has 176 valence electrons. The Balaban J connectivity index is 1.36. The maximum atomic E-state index is 14.6. The highest BCUT2D eigenvalue weighted by Crippen LogP contribution is 2.59. The molecule has 4 rings (SSSR count). The van der Waals surface area contributed by atoms with Gasteiger partial charge in [-0.15, -0.1) is 0 Å². The summed E-state index contributed by atoms with van der Waals surface area (Å²) in [5, 5.41) is 5.96. The first-order valence-corrected chi connectivity index (χ1v) is 11.8. The van der Waals surface area contributed by atoms with Crippen LogP contribution in [0.1, 0.15) is 48.2 Å². The molecule has 2 aromatic carbocycles. The number of nitrogens with one attached hydrogen (secondary N) is 2. The lowest BCUT2D eigenvalue weighted by Crippen LogP contribution is -2.42. The van der Waals surface area contributed by atoms with E-state index in [2.05, 4.69) is 36.6 Å². The van der Waals surface area contributed by atoms with Crippen LogP contribution in [0.3, 0.4) is 0 Å². The smallest absolute Gasteiger partial charge is 0.254 e. The van der Waals surface area contributed by atoms with Gasteiger partial charge in [-0.3, -0.25) is 9.59 Å². The van der Waals surface area contributed by atoms with E-state index >= 15 is 0 Å². The topological polar surface area (TPSA) is 61.4 Å². The summed E-state index contributed by atoms with van der Waals surface area (Å²) in [6.45, 7) is 4.76. The molecule has 0 bridgehead atoms. The molecule has 0 heterocycles. The third kappa shape index (κ3) is 4.96. The predicted octanol–water partition coefficient (Wildman–Crippen LogP) is 3.53. The van der Waals surface area contributed by atoms with Crippen LogP contribution in [0.25, 0.3) is 0 Å². The summed E-state index contributed by atoms with van der Waals surface area (Å²) in [4.78, 5) is 27.2. The summed E-state index contributed by atoms with van der Waals surface area (Å²) in [6, 6.07) is 15.2. The fraction of sp³-hybridized carbons (Fsp3) is 0.481. The molecule has 2 saturated carbocycles. The van der Waals surface area contributed by atoms with Crippen molar-refractivity contribution in [3.63, 3.8) is 0 Å². The number of hydrogen-bond donors (Lipinski definition) is 2. The van der Waals surface area contributed by atoms with Gasteiger partial charge in [0.1, 0.15) is 5.82 Å². The van der Waals surface area contributed by atoms with Gasteiger partial charge in [-0.2, -0.15) is 0 Å². The van der Waals surface area contributed by atoms with Crippen molar-refractivity contribution in [3.05, 3.63) is 71.0 Å². The third-order valence-electron chi connectivity index (χ3n) is 7.57. The SMILES string of the molecule is CC1C(C(=O)NC[C@H](Cc2ccc(C(=O)NC3CC3)c(F)c2)N(C)C)[C@@]1(C)c1ccccc1. The number of carbonyl (C=O) groups excluding carboxylic acids is 2. The Morgan fingerprint density at radius 2 is 1.85 bits per heavy atom. The van der Waals surface area contributed by atoms with Gasteiger partial charge in [-0.25, -0.2) is 4.39 Å². The summed E-state index contributed by atoms with van der Waals surface area (Å²) in [7, 11) is 3.91. The van der Waals surface area contributed by atoms with Gasteiger partial charge in [-0.1, -0.05) is 50.2 Å². The van der Waals surface area contributed by atoms with Crippen molar-refractivity contribution in [1.82, 2.24) is 15.5 Å². The van der Waals surface area contributed by atoms with Gasteiger partial charge in [0.25, 0.3) is 5.91 Å². The van der Waals surface area contributed by atoms with Crippen LogP contribution in [0, 0.1) is 17.7 Å². The maximum Gasteiger partial charge on any atom is 0.254 e. The van der Waals surface area contributed by atoms with E-state index in [4.69, 9.17) is 0 Å². The number of hydrogen-bond acceptors (Lipinski definition) is 3. The molecule has 0 radical (unpaired) electrons. The molecule has 33 heavy (non-hydrogen) atoms. The summed E-state index contributed by atoms with van der Waals surface area (Å²) >= 11 is 0. The van der Waals surface area contributed by atoms with Gasteiger partial charge in [0.15, 0.2) is 0 Å². The quantitative estimate of drug-likeness (QED) is 0.613. The Labute approximate surface area is 195 Å². The second-order valence-corrected chi connectivity index (χ2v) is 10.0. The van der Waals surface area contributed by atoms with Crippen molar-refractivity contribution < 1.29 is 14.0 Å². The molecule has 2 unspecified atom stereocenters. The largest absolute Gasteiger partial charge is 0.354 e. The number of rotatable bonds is 9. The first kappa shape index (κ1) is 23.4. The van der Waals surface area contributed by atoms with Crippen molar-refractivity contribution in [2.45, 2.75) is 50.6 Å². The minimum atomic E-state index is -0.502. The van der Waals surface area contributed by atoms with Crippen LogP contribution in [0.15, 0.2) is 48.5 Å². The first-order valence-electron chi connectivity index (χ1n) is 11.8. The van der Waals surface area contributed by atoms with Gasteiger partial charge < -0.3 is 15.5 Å². The fourth-order valence-corrected chi connectivity index (χ4v) is 4.87. The van der Waals surface area contributed by atoms with E-state index in [0.29, 0.717) is 13.0 Å². The van der Waals surface area contributed by atoms with Crippen LogP contribution in [-0.4, -0.2) is 49.4 Å². The van der Waals surface area contributed by atoms with Gasteiger partial charge in [0, 0.05) is 24.0 Å². The molecule has 2 N–H and O–H groups in total. The molecule has 0 aromatic heterocycles. The fourth-order valence-electron chi connectivity index (χ4n) is 4.87. The van der Waals surface area contributed by atoms with Crippen molar-refractivity contribution in [3.8, 4) is 0 Å². The first-order chi connectivity index (χ1) is 15.7. The van der Waals surface area contributed by atoms with Crippen molar-refractivity contribution in [2.75, 3.05) is 20.6 Å². The minimum Gasteiger partial charge on any atom is -0.354 e. The van der Waals surface area contributed by atoms with Gasteiger partial charge in [0.2, 0.25) is 5.91 Å². The highest BCUT2D eigenvalue weighted by atomic mass is 19.1. The Bertz CT molecular complexity index is 1020. The number of amides is 2. The molecule has 4 atom stereocenters. The number of likely N-dealkylation sites (N-methyl/N-ethyl adjacent to an activating group) is 1. The van der Waals surface area contributed by atoms with Gasteiger partial charge in [0.05, 0.1) is 11.5 Å². The normalized spacial score (nSPS) is 24.9. The van der Waals surface area contributed by atoms with Crippen LogP contribution < -0.4 is 10.6 Å². The van der Waals surface area contributed by atoms with E-state index in [0.717, 1.165) is 18.4 Å². The molecule has 2 aliphatic rings. The monoisotopic (exact) mass is 451 g/mol. The Kier molecular flexibility index (Phi) is 6.57. The average Bonchev–Trinajstić information content (AvgIpc) is 3.69. The van der Waals surface area contributed by atoms with Crippen LogP contribution in [0.4, 0.5) is 4.39 Å². The lowest BCUT2D eigenvalue weighted by Gasteiger charge is -2.25. The zero-order valence-corrected chi connectivity index (χ0v) is 19.9. The number of carbonyl (C=O) groups is 2. The van der Waals surface area contributed by atoms with Crippen LogP contribution in [0.2, 0.25) is 0 Å². The molecule has 6 heteroatoms. The van der Waals surface area contributed by atoms with Crippen molar-refractivity contribution >= 4 is 11.8 Å². The lowest BCUT2D eigenvalue weighted by molar-refractivity contribution is -0.123. The second-order valence-electron chi connectivity index (χ2n) is 10.0. The minimum absolute atomic E-state index is 0.0107. The Morgan fingerprint density at radius 3 is 2.45 bits per heavy atom. The molecule has 0 spiro atoms. The zero-order valence-electron chi connectivity index (χ0n) is 19.9. The Hall–Kier alpha value is -2.73. The summed E-state index contributed by atoms with van der Waals surface area (Å²) < 4.78 is 14.6. The summed E-state index contributed by atoms with van der Waals surface area (Å²) in [5.41, 5.74) is 1.95. The van der Waals surface area contributed by atoms with Crippen molar-refractivity contribution in [1.29, 1.82) is 0 Å². The molecule has 2 fully saturated rings. The van der Waals surface area contributed by atoms with Crippen LogP contribution in [0.5, 0.6) is 0 Å². The maximum absolute atomic E-state index is 14.6. The average molecular weight is 452 g/mol. The number of halogens is 1.